The minimum Gasteiger partial charge on any atom is -0.381 e. The molecule has 0 saturated carbocycles. The van der Waals surface area contributed by atoms with Gasteiger partial charge in [-0.15, -0.1) is 0 Å². The molecule has 0 unspecified atom stereocenters. The first-order valence-corrected chi connectivity index (χ1v) is 5.84. The molecule has 16 heavy (non-hydrogen) atoms. The average molecular weight is 281 g/mol. The molecule has 2 aromatic rings. The van der Waals surface area contributed by atoms with E-state index in [1.807, 2.05) is 24.3 Å². The number of nitrogens with one attached hydrogen (secondary N) is 2. The zero-order valence-electron chi connectivity index (χ0n) is 8.70. The highest BCUT2D eigenvalue weighted by molar-refractivity contribution is 9.10. The lowest BCUT2D eigenvalue weighted by molar-refractivity contribution is 1.03. The molecule has 0 spiro atoms. The van der Waals surface area contributed by atoms with Crippen LogP contribution < -0.4 is 11.1 Å². The molecule has 2 rings (SSSR count). The first-order chi connectivity index (χ1) is 7.83. The highest BCUT2D eigenvalue weighted by Crippen LogP contribution is 2.31. The van der Waals surface area contributed by atoms with Gasteiger partial charge in [-0.2, -0.15) is 5.10 Å². The van der Waals surface area contributed by atoms with Crippen LogP contribution in [0.5, 0.6) is 0 Å². The highest BCUT2D eigenvalue weighted by atomic mass is 79.9. The Labute approximate surface area is 102 Å². The second-order valence-electron chi connectivity index (χ2n) is 3.35. The van der Waals surface area contributed by atoms with E-state index in [2.05, 4.69) is 31.4 Å². The van der Waals surface area contributed by atoms with Gasteiger partial charge >= 0.3 is 0 Å². The summed E-state index contributed by atoms with van der Waals surface area (Å²) in [4.78, 5) is 0. The molecule has 0 bridgehead atoms. The first kappa shape index (κ1) is 11.2. The molecule has 0 amide bonds. The number of nitrogens with two attached hydrogens (primary N) is 1. The van der Waals surface area contributed by atoms with Gasteiger partial charge in [0, 0.05) is 23.1 Å². The van der Waals surface area contributed by atoms with E-state index in [9.17, 15) is 0 Å². The second-order valence-corrected chi connectivity index (χ2v) is 4.21. The van der Waals surface area contributed by atoms with Gasteiger partial charge in [-0.05, 0) is 6.07 Å². The van der Waals surface area contributed by atoms with Crippen molar-refractivity contribution in [1.29, 1.82) is 0 Å². The fourth-order valence-corrected chi connectivity index (χ4v) is 1.98. The maximum Gasteiger partial charge on any atom is 0.0893 e. The van der Waals surface area contributed by atoms with Crippen LogP contribution >= 0.6 is 15.9 Å². The Bertz CT molecular complexity index is 467. The molecule has 1 aromatic heterocycles. The van der Waals surface area contributed by atoms with Gasteiger partial charge in [0.15, 0.2) is 0 Å². The number of rotatable bonds is 4. The fourth-order valence-electron chi connectivity index (χ4n) is 1.50. The van der Waals surface area contributed by atoms with Crippen LogP contribution in [0.15, 0.2) is 34.9 Å². The predicted octanol–water partition coefficient (Wildman–Crippen LogP) is 2.21. The molecule has 0 atom stereocenters. The van der Waals surface area contributed by atoms with Gasteiger partial charge in [-0.25, -0.2) is 0 Å². The second kappa shape index (κ2) is 5.14. The van der Waals surface area contributed by atoms with Crippen molar-refractivity contribution in [1.82, 2.24) is 10.2 Å². The molecular formula is C11H13BrN4. The van der Waals surface area contributed by atoms with Crippen LogP contribution in [0.25, 0.3) is 11.3 Å². The van der Waals surface area contributed by atoms with Crippen molar-refractivity contribution in [3.8, 4) is 11.3 Å². The molecule has 5 heteroatoms. The normalized spacial score (nSPS) is 10.4. The summed E-state index contributed by atoms with van der Waals surface area (Å²) in [5.74, 6) is 0. The van der Waals surface area contributed by atoms with Crippen LogP contribution in [0.4, 0.5) is 5.69 Å². The number of benzene rings is 1. The predicted molar refractivity (Wildman–Crippen MR) is 69.3 cm³/mol. The maximum atomic E-state index is 5.46. The minimum absolute atomic E-state index is 0.598. The van der Waals surface area contributed by atoms with Crippen LogP contribution in [0.1, 0.15) is 0 Å². The van der Waals surface area contributed by atoms with E-state index in [-0.39, 0.29) is 0 Å². The molecule has 0 aliphatic heterocycles. The lowest BCUT2D eigenvalue weighted by atomic mass is 10.1. The molecule has 0 saturated heterocycles. The quantitative estimate of drug-likeness (QED) is 0.805. The Morgan fingerprint density at radius 2 is 2.19 bits per heavy atom. The first-order valence-electron chi connectivity index (χ1n) is 5.05. The average Bonchev–Trinajstić information content (AvgIpc) is 2.75. The third kappa shape index (κ3) is 2.25. The van der Waals surface area contributed by atoms with E-state index in [4.69, 9.17) is 5.73 Å². The van der Waals surface area contributed by atoms with Gasteiger partial charge in [0.2, 0.25) is 0 Å². The van der Waals surface area contributed by atoms with E-state index >= 15 is 0 Å². The van der Waals surface area contributed by atoms with Crippen molar-refractivity contribution in [3.05, 3.63) is 34.9 Å². The van der Waals surface area contributed by atoms with Crippen LogP contribution in [0, 0.1) is 0 Å². The third-order valence-corrected chi connectivity index (χ3v) is 2.93. The van der Waals surface area contributed by atoms with E-state index in [1.54, 1.807) is 6.20 Å². The van der Waals surface area contributed by atoms with Crippen molar-refractivity contribution < 1.29 is 0 Å². The summed E-state index contributed by atoms with van der Waals surface area (Å²) in [5.41, 5.74) is 8.49. The molecule has 0 aliphatic carbocycles. The Morgan fingerprint density at radius 3 is 2.94 bits per heavy atom. The van der Waals surface area contributed by atoms with Crippen molar-refractivity contribution >= 4 is 21.6 Å². The lowest BCUT2D eigenvalue weighted by Gasteiger charge is -2.06. The third-order valence-electron chi connectivity index (χ3n) is 2.24. The van der Waals surface area contributed by atoms with Gasteiger partial charge < -0.3 is 11.1 Å². The van der Waals surface area contributed by atoms with Gasteiger partial charge in [0.25, 0.3) is 0 Å². The summed E-state index contributed by atoms with van der Waals surface area (Å²) in [5, 5.41) is 10.3. The molecule has 0 radical (unpaired) electrons. The number of nitrogens with zero attached hydrogens (tertiary/aromatic N) is 1. The maximum absolute atomic E-state index is 5.46. The standard InChI is InChI=1S/C11H13BrN4/c12-9-4-2-1-3-8(9)11-10(7-15-16-11)14-6-5-13/h1-4,7,14H,5-6,13H2,(H,15,16). The Kier molecular flexibility index (Phi) is 3.58. The highest BCUT2D eigenvalue weighted by Gasteiger charge is 2.09. The zero-order chi connectivity index (χ0) is 11.4. The van der Waals surface area contributed by atoms with Crippen molar-refractivity contribution in [2.75, 3.05) is 18.4 Å². The fraction of sp³-hybridized carbons (Fsp3) is 0.182. The van der Waals surface area contributed by atoms with E-state index in [0.717, 1.165) is 28.0 Å². The molecule has 0 aliphatic rings. The van der Waals surface area contributed by atoms with Gasteiger partial charge in [0.1, 0.15) is 0 Å². The van der Waals surface area contributed by atoms with Gasteiger partial charge in [0.05, 0.1) is 17.6 Å². The Hall–Kier alpha value is -1.33. The summed E-state index contributed by atoms with van der Waals surface area (Å²) >= 11 is 3.52. The Balaban J connectivity index is 2.33. The molecule has 0 fully saturated rings. The summed E-state index contributed by atoms with van der Waals surface area (Å²) in [6.07, 6.45) is 1.77. The number of H-pyrrole nitrogens is 1. The summed E-state index contributed by atoms with van der Waals surface area (Å²) in [7, 11) is 0. The number of halogens is 1. The summed E-state index contributed by atoms with van der Waals surface area (Å²) in [6, 6.07) is 8.01. The SMILES string of the molecule is NCCNc1cn[nH]c1-c1ccccc1Br. The Morgan fingerprint density at radius 1 is 1.38 bits per heavy atom. The zero-order valence-corrected chi connectivity index (χ0v) is 10.3. The molecular weight excluding hydrogens is 268 g/mol. The molecule has 1 aromatic carbocycles. The number of hydrogen-bond acceptors (Lipinski definition) is 3. The molecule has 4 nitrogen and oxygen atoms in total. The number of anilines is 1. The van der Waals surface area contributed by atoms with E-state index in [0.29, 0.717) is 6.54 Å². The lowest BCUT2D eigenvalue weighted by Crippen LogP contribution is -2.13. The minimum atomic E-state index is 0.598. The summed E-state index contributed by atoms with van der Waals surface area (Å²) in [6.45, 7) is 1.33. The molecule has 4 N–H and O–H groups in total. The number of aromatic nitrogens is 2. The van der Waals surface area contributed by atoms with Crippen molar-refractivity contribution in [3.63, 3.8) is 0 Å². The number of hydrogen-bond donors (Lipinski definition) is 3. The summed E-state index contributed by atoms with van der Waals surface area (Å²) < 4.78 is 1.04. The van der Waals surface area contributed by atoms with E-state index < -0.39 is 0 Å². The monoisotopic (exact) mass is 280 g/mol. The van der Waals surface area contributed by atoms with Gasteiger partial charge in [-0.1, -0.05) is 34.1 Å². The molecule has 84 valence electrons. The number of aromatic amines is 1. The smallest absolute Gasteiger partial charge is 0.0893 e. The van der Waals surface area contributed by atoms with Crippen LogP contribution in [0.3, 0.4) is 0 Å². The topological polar surface area (TPSA) is 66.7 Å². The van der Waals surface area contributed by atoms with Gasteiger partial charge in [-0.3, -0.25) is 5.10 Å². The largest absolute Gasteiger partial charge is 0.381 e. The van der Waals surface area contributed by atoms with Crippen molar-refractivity contribution in [2.45, 2.75) is 0 Å². The van der Waals surface area contributed by atoms with E-state index in [1.165, 1.54) is 0 Å². The molecule has 1 heterocycles. The van der Waals surface area contributed by atoms with Crippen LogP contribution in [0.2, 0.25) is 0 Å². The van der Waals surface area contributed by atoms with Crippen LogP contribution in [-0.2, 0) is 0 Å². The van der Waals surface area contributed by atoms with Crippen LogP contribution in [-0.4, -0.2) is 23.3 Å². The van der Waals surface area contributed by atoms with Crippen molar-refractivity contribution in [2.24, 2.45) is 5.73 Å².